The van der Waals surface area contributed by atoms with Gasteiger partial charge in [-0.1, -0.05) is 170 Å². The number of benzene rings is 8. The fourth-order valence-corrected chi connectivity index (χ4v) is 7.62. The minimum Gasteiger partial charge on any atom is -0.309 e. The van der Waals surface area contributed by atoms with Crippen molar-refractivity contribution in [3.05, 3.63) is 194 Å². The molecule has 53 heavy (non-hydrogen) atoms. The summed E-state index contributed by atoms with van der Waals surface area (Å²) in [5.41, 5.74) is 10.7. The van der Waals surface area contributed by atoms with Gasteiger partial charge >= 0.3 is 0 Å². The minimum atomic E-state index is 0.622. The highest BCUT2D eigenvalue weighted by atomic mass is 15.0. The highest BCUT2D eigenvalue weighted by Crippen LogP contribution is 2.43. The van der Waals surface area contributed by atoms with Crippen molar-refractivity contribution in [1.82, 2.24) is 19.5 Å². The van der Waals surface area contributed by atoms with Crippen LogP contribution in [-0.4, -0.2) is 19.5 Å². The molecule has 0 aliphatic rings. The van der Waals surface area contributed by atoms with Crippen LogP contribution in [0.25, 0.3) is 94.7 Å². The Bertz CT molecular complexity index is 2880. The zero-order valence-electron chi connectivity index (χ0n) is 28.8. The van der Waals surface area contributed by atoms with Gasteiger partial charge < -0.3 is 4.57 Å². The number of fused-ring (bicyclic) bond motifs is 4. The van der Waals surface area contributed by atoms with Crippen molar-refractivity contribution in [3.8, 4) is 62.1 Å². The lowest BCUT2D eigenvalue weighted by Crippen LogP contribution is -2.03. The van der Waals surface area contributed by atoms with Gasteiger partial charge in [0.25, 0.3) is 0 Å². The van der Waals surface area contributed by atoms with Gasteiger partial charge in [-0.25, -0.2) is 15.0 Å². The number of hydrogen-bond donors (Lipinski definition) is 0. The van der Waals surface area contributed by atoms with Crippen molar-refractivity contribution >= 4 is 32.6 Å². The molecule has 0 atom stereocenters. The lowest BCUT2D eigenvalue weighted by Gasteiger charge is -2.20. The van der Waals surface area contributed by atoms with Crippen LogP contribution < -0.4 is 0 Å². The summed E-state index contributed by atoms with van der Waals surface area (Å²) in [5.74, 6) is 1.88. The number of para-hydroxylation sites is 2. The van der Waals surface area contributed by atoms with Gasteiger partial charge in [0.05, 0.1) is 16.7 Å². The first kappa shape index (κ1) is 30.6. The maximum atomic E-state index is 5.30. The van der Waals surface area contributed by atoms with Crippen LogP contribution in [0.4, 0.5) is 0 Å². The molecule has 4 heteroatoms. The monoisotopic (exact) mass is 676 g/mol. The summed E-state index contributed by atoms with van der Waals surface area (Å²) < 4.78 is 2.41. The second-order valence-corrected chi connectivity index (χ2v) is 13.2. The van der Waals surface area contributed by atoms with E-state index in [-0.39, 0.29) is 0 Å². The van der Waals surface area contributed by atoms with E-state index in [2.05, 4.69) is 174 Å². The fourth-order valence-electron chi connectivity index (χ4n) is 7.62. The van der Waals surface area contributed by atoms with Crippen LogP contribution in [-0.2, 0) is 0 Å². The minimum absolute atomic E-state index is 0.622. The van der Waals surface area contributed by atoms with Crippen molar-refractivity contribution in [1.29, 1.82) is 0 Å². The zero-order chi connectivity index (χ0) is 35.1. The van der Waals surface area contributed by atoms with E-state index < -0.39 is 0 Å². The molecule has 0 aliphatic heterocycles. The molecule has 2 heterocycles. The molecule has 0 saturated carbocycles. The second kappa shape index (κ2) is 12.9. The molecule has 10 rings (SSSR count). The van der Waals surface area contributed by atoms with Crippen molar-refractivity contribution < 1.29 is 0 Å². The molecule has 0 fully saturated rings. The number of nitrogens with zero attached hydrogens (tertiary/aromatic N) is 4. The summed E-state index contributed by atoms with van der Waals surface area (Å²) in [6, 6.07) is 68.0. The topological polar surface area (TPSA) is 43.6 Å². The maximum Gasteiger partial charge on any atom is 0.164 e. The van der Waals surface area contributed by atoms with Crippen molar-refractivity contribution in [3.63, 3.8) is 0 Å². The SMILES string of the molecule is c1ccc(-c2cccc(-c3nc(-c4ccccc4)nc(-c4cc(-n5c6ccccc6c6ccccc65)c(-c5ccccc5)c5ccccc45)n3)c2)cc1. The molecule has 0 aliphatic carbocycles. The van der Waals surface area contributed by atoms with Crippen LogP contribution in [0.2, 0.25) is 0 Å². The van der Waals surface area contributed by atoms with Crippen LogP contribution in [0.1, 0.15) is 0 Å². The molecule has 0 amide bonds. The normalized spacial score (nSPS) is 11.4. The Hall–Kier alpha value is -7.17. The lowest BCUT2D eigenvalue weighted by atomic mass is 9.92. The van der Waals surface area contributed by atoms with Crippen LogP contribution in [0.15, 0.2) is 194 Å². The van der Waals surface area contributed by atoms with Gasteiger partial charge in [0.15, 0.2) is 17.5 Å². The molecule has 248 valence electrons. The molecule has 0 spiro atoms. The standard InChI is InChI=1S/C49H32N4/c1-4-17-33(18-5-1)36-23-16-24-37(31-36)48-50-47(35-21-8-3-9-22-35)51-49(52-48)42-32-45(46(34-19-6-2-7-20-34)41-28-11-10-25-38(41)42)53-43-29-14-12-26-39(43)40-27-13-15-30-44(40)53/h1-32H. The van der Waals surface area contributed by atoms with Gasteiger partial charge in [0, 0.05) is 33.0 Å². The largest absolute Gasteiger partial charge is 0.309 e. The summed E-state index contributed by atoms with van der Waals surface area (Å²) in [5, 5.41) is 4.63. The Morgan fingerprint density at radius 1 is 0.302 bits per heavy atom. The molecule has 0 N–H and O–H groups in total. The number of hydrogen-bond acceptors (Lipinski definition) is 3. The Morgan fingerprint density at radius 3 is 1.40 bits per heavy atom. The van der Waals surface area contributed by atoms with Crippen LogP contribution in [0.5, 0.6) is 0 Å². The second-order valence-electron chi connectivity index (χ2n) is 13.2. The van der Waals surface area contributed by atoms with E-state index in [1.54, 1.807) is 0 Å². The molecule has 0 bridgehead atoms. The zero-order valence-corrected chi connectivity index (χ0v) is 28.8. The van der Waals surface area contributed by atoms with Crippen LogP contribution >= 0.6 is 0 Å². The van der Waals surface area contributed by atoms with Gasteiger partial charge in [-0.15, -0.1) is 0 Å². The van der Waals surface area contributed by atoms with E-state index in [1.807, 2.05) is 24.3 Å². The molecule has 0 radical (unpaired) electrons. The third-order valence-electron chi connectivity index (χ3n) is 10.0. The predicted octanol–water partition coefficient (Wildman–Crippen LogP) is 12.5. The van der Waals surface area contributed by atoms with Gasteiger partial charge in [0.1, 0.15) is 0 Å². The highest BCUT2D eigenvalue weighted by molar-refractivity contribution is 6.13. The van der Waals surface area contributed by atoms with E-state index in [0.29, 0.717) is 17.5 Å². The predicted molar refractivity (Wildman–Crippen MR) is 219 cm³/mol. The van der Waals surface area contributed by atoms with Crippen LogP contribution in [0, 0.1) is 0 Å². The maximum absolute atomic E-state index is 5.30. The van der Waals surface area contributed by atoms with Gasteiger partial charge in [-0.2, -0.15) is 0 Å². The average molecular weight is 677 g/mol. The Balaban J connectivity index is 1.30. The molecule has 10 aromatic rings. The first-order valence-electron chi connectivity index (χ1n) is 17.9. The quantitative estimate of drug-likeness (QED) is 0.176. The number of rotatable bonds is 6. The Kier molecular flexibility index (Phi) is 7.43. The van der Waals surface area contributed by atoms with Crippen molar-refractivity contribution in [2.45, 2.75) is 0 Å². The lowest BCUT2D eigenvalue weighted by molar-refractivity contribution is 1.07. The van der Waals surface area contributed by atoms with Crippen molar-refractivity contribution in [2.24, 2.45) is 0 Å². The summed E-state index contributed by atoms with van der Waals surface area (Å²) in [6.07, 6.45) is 0. The first-order chi connectivity index (χ1) is 26.3. The van der Waals surface area contributed by atoms with Crippen molar-refractivity contribution in [2.75, 3.05) is 0 Å². The third-order valence-corrected chi connectivity index (χ3v) is 10.0. The van der Waals surface area contributed by atoms with E-state index in [9.17, 15) is 0 Å². The first-order valence-corrected chi connectivity index (χ1v) is 17.9. The van der Waals surface area contributed by atoms with E-state index in [1.165, 1.54) is 10.8 Å². The Morgan fingerprint density at radius 2 is 0.755 bits per heavy atom. The fraction of sp³-hybridized carbons (Fsp3) is 0. The third kappa shape index (κ3) is 5.36. The molecule has 8 aromatic carbocycles. The van der Waals surface area contributed by atoms with E-state index in [0.717, 1.165) is 66.4 Å². The van der Waals surface area contributed by atoms with E-state index >= 15 is 0 Å². The molecule has 0 saturated heterocycles. The number of aromatic nitrogens is 4. The van der Waals surface area contributed by atoms with Gasteiger partial charge in [-0.05, 0) is 51.7 Å². The Labute approximate surface area is 307 Å². The average Bonchev–Trinajstić information content (AvgIpc) is 3.58. The van der Waals surface area contributed by atoms with E-state index in [4.69, 9.17) is 15.0 Å². The molecule has 0 unspecified atom stereocenters. The molecule has 4 nitrogen and oxygen atoms in total. The molecule has 2 aromatic heterocycles. The summed E-state index contributed by atoms with van der Waals surface area (Å²) in [7, 11) is 0. The summed E-state index contributed by atoms with van der Waals surface area (Å²) in [6.45, 7) is 0. The summed E-state index contributed by atoms with van der Waals surface area (Å²) in [4.78, 5) is 15.7. The smallest absolute Gasteiger partial charge is 0.164 e. The highest BCUT2D eigenvalue weighted by Gasteiger charge is 2.22. The van der Waals surface area contributed by atoms with Gasteiger partial charge in [0.2, 0.25) is 0 Å². The summed E-state index contributed by atoms with van der Waals surface area (Å²) >= 11 is 0. The molecular formula is C49H32N4. The van der Waals surface area contributed by atoms with Crippen LogP contribution in [0.3, 0.4) is 0 Å². The van der Waals surface area contributed by atoms with Gasteiger partial charge in [-0.3, -0.25) is 0 Å². The molecular weight excluding hydrogens is 645 g/mol.